The Hall–Kier alpha value is -0.670. The molecule has 17 heavy (non-hydrogen) atoms. The number of aliphatic hydroxyl groups excluding tert-OH is 1. The molecule has 0 saturated heterocycles. The normalized spacial score (nSPS) is 19.3. The van der Waals surface area contributed by atoms with Gasteiger partial charge in [0.25, 0.3) is 0 Å². The van der Waals surface area contributed by atoms with Crippen molar-refractivity contribution in [1.82, 2.24) is 0 Å². The quantitative estimate of drug-likeness (QED) is 0.893. The molecule has 0 saturated carbocycles. The molecule has 0 aromatic heterocycles. The first-order chi connectivity index (χ1) is 8.13. The van der Waals surface area contributed by atoms with Gasteiger partial charge in [0.1, 0.15) is 0 Å². The van der Waals surface area contributed by atoms with E-state index in [-0.39, 0.29) is 0 Å². The molecule has 0 bridgehead atoms. The van der Waals surface area contributed by atoms with Gasteiger partial charge in [-0.2, -0.15) is 0 Å². The van der Waals surface area contributed by atoms with Gasteiger partial charge < -0.3 is 10.0 Å². The molecular formula is C14H21NOS. The van der Waals surface area contributed by atoms with Crippen molar-refractivity contribution in [1.29, 1.82) is 0 Å². The Balaban J connectivity index is 2.25. The smallest absolute Gasteiger partial charge is 0.0509 e. The van der Waals surface area contributed by atoms with Crippen molar-refractivity contribution in [2.75, 3.05) is 24.3 Å². The topological polar surface area (TPSA) is 23.5 Å². The fraction of sp³-hybridized carbons (Fsp3) is 0.571. The molecule has 1 atom stereocenters. The molecule has 1 aliphatic rings. The number of aliphatic hydroxyl groups is 1. The minimum absolute atomic E-state index is 0.300. The number of thioether (sulfide) groups is 1. The highest BCUT2D eigenvalue weighted by atomic mass is 32.2. The summed E-state index contributed by atoms with van der Waals surface area (Å²) >= 11 is 1.96. The number of anilines is 1. The van der Waals surface area contributed by atoms with Gasteiger partial charge in [-0.25, -0.2) is 0 Å². The maximum absolute atomic E-state index is 8.94. The zero-order valence-electron chi connectivity index (χ0n) is 10.9. The number of fused-ring (bicyclic) bond motifs is 1. The van der Waals surface area contributed by atoms with Gasteiger partial charge in [0.15, 0.2) is 0 Å². The van der Waals surface area contributed by atoms with Crippen LogP contribution in [0.5, 0.6) is 0 Å². The number of aryl methyl sites for hydroxylation is 2. The summed E-state index contributed by atoms with van der Waals surface area (Å²) in [7, 11) is 2.18. The predicted octanol–water partition coefficient (Wildman–Crippen LogP) is 2.99. The van der Waals surface area contributed by atoms with Crippen molar-refractivity contribution in [3.8, 4) is 0 Å². The van der Waals surface area contributed by atoms with Gasteiger partial charge in [-0.05, 0) is 43.9 Å². The van der Waals surface area contributed by atoms with Crippen LogP contribution in [0.3, 0.4) is 0 Å². The van der Waals surface area contributed by atoms with Crippen molar-refractivity contribution < 1.29 is 5.11 Å². The Morgan fingerprint density at radius 3 is 2.88 bits per heavy atom. The molecule has 0 spiro atoms. The van der Waals surface area contributed by atoms with Crippen molar-refractivity contribution in [2.45, 2.75) is 37.6 Å². The van der Waals surface area contributed by atoms with Crippen LogP contribution in [0, 0.1) is 13.8 Å². The Kier molecular flexibility index (Phi) is 4.00. The molecule has 1 N–H and O–H groups in total. The fourth-order valence-corrected chi connectivity index (χ4v) is 3.86. The second-order valence-corrected chi connectivity index (χ2v) is 5.90. The van der Waals surface area contributed by atoms with Crippen LogP contribution in [-0.2, 0) is 0 Å². The molecule has 3 heteroatoms. The van der Waals surface area contributed by atoms with Crippen molar-refractivity contribution >= 4 is 17.4 Å². The maximum Gasteiger partial charge on any atom is 0.0509 e. The number of hydrogen-bond acceptors (Lipinski definition) is 3. The average molecular weight is 251 g/mol. The fourth-order valence-electron chi connectivity index (χ4n) is 2.47. The lowest BCUT2D eigenvalue weighted by Gasteiger charge is -2.36. The summed E-state index contributed by atoms with van der Waals surface area (Å²) in [4.78, 5) is 3.82. The van der Waals surface area contributed by atoms with Gasteiger partial charge in [-0.3, -0.25) is 0 Å². The van der Waals surface area contributed by atoms with Gasteiger partial charge >= 0.3 is 0 Å². The van der Waals surface area contributed by atoms with E-state index in [1.54, 1.807) is 0 Å². The summed E-state index contributed by atoms with van der Waals surface area (Å²) in [6.07, 6.45) is 1.97. The molecule has 2 nitrogen and oxygen atoms in total. The molecule has 1 aromatic rings. The van der Waals surface area contributed by atoms with Crippen LogP contribution in [0.1, 0.15) is 24.0 Å². The minimum Gasteiger partial charge on any atom is -0.396 e. The first kappa shape index (κ1) is 12.8. The lowest BCUT2D eigenvalue weighted by molar-refractivity contribution is 0.280. The van der Waals surface area contributed by atoms with Crippen LogP contribution in [0.15, 0.2) is 17.0 Å². The largest absolute Gasteiger partial charge is 0.396 e. The average Bonchev–Trinajstić information content (AvgIpc) is 2.29. The number of hydrogen-bond donors (Lipinski definition) is 1. The lowest BCUT2D eigenvalue weighted by atomic mass is 10.1. The zero-order chi connectivity index (χ0) is 12.4. The van der Waals surface area contributed by atoms with Crippen molar-refractivity contribution in [3.05, 3.63) is 23.3 Å². The number of nitrogens with zero attached hydrogens (tertiary/aromatic N) is 1. The summed E-state index contributed by atoms with van der Waals surface area (Å²) in [5.74, 6) is 1.13. The van der Waals surface area contributed by atoms with E-state index in [0.29, 0.717) is 12.6 Å². The highest BCUT2D eigenvalue weighted by Crippen LogP contribution is 2.40. The summed E-state index contributed by atoms with van der Waals surface area (Å²) in [6.45, 7) is 4.65. The van der Waals surface area contributed by atoms with E-state index in [9.17, 15) is 0 Å². The molecule has 1 unspecified atom stereocenters. The minimum atomic E-state index is 0.300. The molecule has 94 valence electrons. The van der Waals surface area contributed by atoms with E-state index in [1.807, 2.05) is 11.8 Å². The Morgan fingerprint density at radius 1 is 1.41 bits per heavy atom. The molecule has 0 amide bonds. The van der Waals surface area contributed by atoms with Crippen molar-refractivity contribution in [3.63, 3.8) is 0 Å². The van der Waals surface area contributed by atoms with Gasteiger partial charge in [0.05, 0.1) is 5.69 Å². The van der Waals surface area contributed by atoms with Crippen LogP contribution in [0.2, 0.25) is 0 Å². The highest BCUT2D eigenvalue weighted by molar-refractivity contribution is 7.99. The zero-order valence-corrected chi connectivity index (χ0v) is 11.7. The maximum atomic E-state index is 8.94. The summed E-state index contributed by atoms with van der Waals surface area (Å²) in [6, 6.07) is 5.09. The van der Waals surface area contributed by atoms with Gasteiger partial charge in [-0.15, -0.1) is 11.8 Å². The first-order valence-electron chi connectivity index (χ1n) is 6.21. The third-order valence-electron chi connectivity index (χ3n) is 3.44. The molecule has 0 fully saturated rings. The third kappa shape index (κ3) is 2.61. The lowest BCUT2D eigenvalue weighted by Crippen LogP contribution is -2.37. The van der Waals surface area contributed by atoms with Gasteiger partial charge in [0, 0.05) is 30.3 Å². The first-order valence-corrected chi connectivity index (χ1v) is 7.19. The monoisotopic (exact) mass is 251 g/mol. The van der Waals surface area contributed by atoms with Crippen LogP contribution in [-0.4, -0.2) is 30.6 Å². The van der Waals surface area contributed by atoms with Crippen LogP contribution in [0.25, 0.3) is 0 Å². The van der Waals surface area contributed by atoms with Gasteiger partial charge in [0.2, 0.25) is 0 Å². The molecule has 1 heterocycles. The van der Waals surface area contributed by atoms with E-state index >= 15 is 0 Å². The molecule has 2 rings (SSSR count). The standard InChI is InChI=1S/C14H21NOS/c1-10-7-11(2)14-13(8-10)15(3)12(9-17-14)5-4-6-16/h7-8,12,16H,4-6,9H2,1-3H3. The van der Waals surface area contributed by atoms with E-state index < -0.39 is 0 Å². The summed E-state index contributed by atoms with van der Waals surface area (Å²) in [5.41, 5.74) is 4.08. The second kappa shape index (κ2) is 5.32. The summed E-state index contributed by atoms with van der Waals surface area (Å²) < 4.78 is 0. The highest BCUT2D eigenvalue weighted by Gasteiger charge is 2.24. The third-order valence-corrected chi connectivity index (χ3v) is 4.81. The van der Waals surface area contributed by atoms with Crippen LogP contribution < -0.4 is 4.90 Å². The van der Waals surface area contributed by atoms with Gasteiger partial charge in [-0.1, -0.05) is 6.07 Å². The molecule has 1 aromatic carbocycles. The summed E-state index contributed by atoms with van der Waals surface area (Å²) in [5, 5.41) is 8.94. The molecule has 0 aliphatic carbocycles. The Labute approximate surface area is 108 Å². The second-order valence-electron chi connectivity index (χ2n) is 4.87. The molecule has 1 aliphatic heterocycles. The van der Waals surface area contributed by atoms with Crippen LogP contribution in [0.4, 0.5) is 5.69 Å². The van der Waals surface area contributed by atoms with E-state index in [0.717, 1.165) is 18.6 Å². The Morgan fingerprint density at radius 2 is 2.18 bits per heavy atom. The predicted molar refractivity (Wildman–Crippen MR) is 75.2 cm³/mol. The Bertz CT molecular complexity index is 405. The van der Waals surface area contributed by atoms with Crippen LogP contribution >= 0.6 is 11.8 Å². The van der Waals surface area contributed by atoms with Crippen molar-refractivity contribution in [2.24, 2.45) is 0 Å². The SMILES string of the molecule is Cc1cc(C)c2c(c1)N(C)C(CCCO)CS2. The van der Waals surface area contributed by atoms with E-state index in [1.165, 1.54) is 21.7 Å². The molecular weight excluding hydrogens is 230 g/mol. The van der Waals surface area contributed by atoms with E-state index in [2.05, 4.69) is 37.9 Å². The van der Waals surface area contributed by atoms with E-state index in [4.69, 9.17) is 5.11 Å². The number of benzene rings is 1. The molecule has 0 radical (unpaired) electrons. The number of rotatable bonds is 3.